The Hall–Kier alpha value is -1.71. The second-order valence-corrected chi connectivity index (χ2v) is 10.9. The molecule has 33 heavy (non-hydrogen) atoms. The third-order valence-corrected chi connectivity index (χ3v) is 9.28. The highest BCUT2D eigenvalue weighted by Crippen LogP contribution is 2.64. The van der Waals surface area contributed by atoms with E-state index in [0.29, 0.717) is 18.8 Å². The van der Waals surface area contributed by atoms with Crippen molar-refractivity contribution in [2.24, 2.45) is 17.8 Å². The van der Waals surface area contributed by atoms with Crippen LogP contribution in [0.15, 0.2) is 18.2 Å². The van der Waals surface area contributed by atoms with Crippen molar-refractivity contribution in [3.05, 3.63) is 29.3 Å². The van der Waals surface area contributed by atoms with Crippen molar-refractivity contribution >= 4 is 5.97 Å². The van der Waals surface area contributed by atoms with E-state index in [1.807, 2.05) is 18.1 Å². The summed E-state index contributed by atoms with van der Waals surface area (Å²) in [5.41, 5.74) is 0.486. The fourth-order valence-corrected chi connectivity index (χ4v) is 7.61. The Bertz CT molecular complexity index is 1020. The summed E-state index contributed by atoms with van der Waals surface area (Å²) in [6.07, 6.45) is 4.05. The Balaban J connectivity index is 1.31. The van der Waals surface area contributed by atoms with Crippen LogP contribution in [0.1, 0.15) is 63.1 Å². The van der Waals surface area contributed by atoms with Crippen LogP contribution in [0.25, 0.3) is 0 Å². The van der Waals surface area contributed by atoms with Crippen molar-refractivity contribution in [2.75, 3.05) is 13.7 Å². The minimum Gasteiger partial charge on any atom is -0.497 e. The van der Waals surface area contributed by atoms with E-state index in [1.165, 1.54) is 11.1 Å². The Labute approximate surface area is 193 Å². The number of fused-ring (bicyclic) bond motifs is 6. The van der Waals surface area contributed by atoms with Gasteiger partial charge in [-0.1, -0.05) is 13.0 Å². The molecule has 0 radical (unpaired) electrons. The van der Waals surface area contributed by atoms with Gasteiger partial charge in [-0.2, -0.15) is 5.06 Å². The van der Waals surface area contributed by atoms with Crippen molar-refractivity contribution in [1.82, 2.24) is 5.06 Å². The average molecular weight is 458 g/mol. The number of benzene rings is 1. The molecular weight excluding hydrogens is 426 g/mol. The van der Waals surface area contributed by atoms with Crippen LogP contribution in [0.5, 0.6) is 5.75 Å². The molecule has 2 spiro atoms. The molecule has 0 aromatic heterocycles. The SMILES string of the molecule is COc1ccc2c(c1)CCN1O[C@@]3(C[C@H]21)C(=O)O[C@@H]1O[C@@]2(C)CC[C@H]4[C@H](C)CC[C@@H]3[C@@]14OO2. The number of rotatable bonds is 1. The summed E-state index contributed by atoms with van der Waals surface area (Å²) in [6.45, 7) is 4.85. The summed E-state index contributed by atoms with van der Waals surface area (Å²) in [7, 11) is 1.69. The first-order chi connectivity index (χ1) is 15.9. The van der Waals surface area contributed by atoms with Gasteiger partial charge in [-0.15, -0.1) is 0 Å². The zero-order valence-electron chi connectivity index (χ0n) is 19.4. The van der Waals surface area contributed by atoms with Crippen LogP contribution < -0.4 is 4.74 Å². The lowest BCUT2D eigenvalue weighted by Crippen LogP contribution is -2.75. The van der Waals surface area contributed by atoms with Gasteiger partial charge in [-0.25, -0.2) is 14.6 Å². The van der Waals surface area contributed by atoms with Crippen molar-refractivity contribution in [1.29, 1.82) is 0 Å². The van der Waals surface area contributed by atoms with Crippen LogP contribution in [-0.4, -0.2) is 48.0 Å². The van der Waals surface area contributed by atoms with Crippen molar-refractivity contribution in [2.45, 2.75) is 81.7 Å². The minimum atomic E-state index is -1.11. The molecule has 2 bridgehead atoms. The summed E-state index contributed by atoms with van der Waals surface area (Å²) in [6, 6.07) is 6.17. The maximum absolute atomic E-state index is 13.7. The van der Waals surface area contributed by atoms with Crippen LogP contribution in [0.2, 0.25) is 0 Å². The first-order valence-electron chi connectivity index (χ1n) is 12.3. The first kappa shape index (κ1) is 20.6. The van der Waals surface area contributed by atoms with Crippen LogP contribution in [0.3, 0.4) is 0 Å². The maximum Gasteiger partial charge on any atom is 0.343 e. The lowest BCUT2D eigenvalue weighted by molar-refractivity contribution is -0.564. The van der Waals surface area contributed by atoms with Crippen molar-refractivity contribution < 1.29 is 33.6 Å². The van der Waals surface area contributed by atoms with E-state index >= 15 is 0 Å². The summed E-state index contributed by atoms with van der Waals surface area (Å²) >= 11 is 0. The van der Waals surface area contributed by atoms with Gasteiger partial charge < -0.3 is 14.2 Å². The summed E-state index contributed by atoms with van der Waals surface area (Å²) in [5, 5.41) is 1.99. The highest BCUT2D eigenvalue weighted by Gasteiger charge is 2.77. The topological polar surface area (TPSA) is 75.7 Å². The number of hydrogen-bond acceptors (Lipinski definition) is 8. The van der Waals surface area contributed by atoms with Gasteiger partial charge in [0.15, 0.2) is 11.2 Å². The normalized spacial score (nSPS) is 48.0. The van der Waals surface area contributed by atoms with E-state index in [4.69, 9.17) is 28.8 Å². The van der Waals surface area contributed by atoms with E-state index in [0.717, 1.165) is 38.0 Å². The fourth-order valence-electron chi connectivity index (χ4n) is 7.61. The van der Waals surface area contributed by atoms with E-state index < -0.39 is 23.3 Å². The summed E-state index contributed by atoms with van der Waals surface area (Å²) in [4.78, 5) is 32.5. The van der Waals surface area contributed by atoms with Crippen LogP contribution in [0, 0.1) is 17.8 Å². The molecule has 6 heterocycles. The molecule has 1 aromatic carbocycles. The Kier molecular flexibility index (Phi) is 4.19. The second kappa shape index (κ2) is 6.70. The maximum atomic E-state index is 13.7. The number of carbonyl (C=O) groups is 1. The van der Waals surface area contributed by atoms with Gasteiger partial charge in [0.1, 0.15) is 5.75 Å². The van der Waals surface area contributed by atoms with Gasteiger partial charge in [0, 0.05) is 31.2 Å². The number of esters is 1. The number of nitrogens with zero attached hydrogens (tertiary/aromatic N) is 1. The highest BCUT2D eigenvalue weighted by molar-refractivity contribution is 5.82. The lowest BCUT2D eigenvalue weighted by Gasteiger charge is -2.60. The predicted molar refractivity (Wildman–Crippen MR) is 113 cm³/mol. The van der Waals surface area contributed by atoms with E-state index in [-0.39, 0.29) is 23.8 Å². The van der Waals surface area contributed by atoms with E-state index in [2.05, 4.69) is 19.1 Å². The number of hydroxylamine groups is 2. The zero-order valence-corrected chi connectivity index (χ0v) is 19.4. The standard InChI is InChI=1S/C25H31NO7/c1-14-4-7-20-24(13-19-17-6-5-16(28-3)12-15(17)9-11-26(19)31-24)21(27)29-22-25(20)18(14)8-10-23(2,30-22)32-33-25/h5-6,12,14,18-20,22H,4,7-11,13H2,1-3H3/t14-,18+,19-,20+,22-,23-,24-,25-/m1/s1. The van der Waals surface area contributed by atoms with Gasteiger partial charge in [-0.3, -0.25) is 4.84 Å². The first-order valence-corrected chi connectivity index (χ1v) is 12.3. The smallest absolute Gasteiger partial charge is 0.343 e. The quantitative estimate of drug-likeness (QED) is 0.469. The Morgan fingerprint density at radius 2 is 2.06 bits per heavy atom. The van der Waals surface area contributed by atoms with Crippen molar-refractivity contribution in [3.8, 4) is 5.75 Å². The number of carbonyl (C=O) groups excluding carboxylic acids is 1. The molecule has 1 aromatic rings. The third kappa shape index (κ3) is 2.56. The largest absolute Gasteiger partial charge is 0.497 e. The van der Waals surface area contributed by atoms with Gasteiger partial charge >= 0.3 is 5.97 Å². The molecule has 6 aliphatic heterocycles. The average Bonchev–Trinajstić information content (AvgIpc) is 3.07. The molecule has 0 unspecified atom stereocenters. The molecule has 8 nitrogen and oxygen atoms in total. The molecule has 5 saturated heterocycles. The fraction of sp³-hybridized carbons (Fsp3) is 0.720. The molecule has 1 saturated carbocycles. The van der Waals surface area contributed by atoms with Gasteiger partial charge in [0.05, 0.1) is 13.2 Å². The van der Waals surface area contributed by atoms with Gasteiger partial charge in [0.2, 0.25) is 12.1 Å². The van der Waals surface area contributed by atoms with Crippen LogP contribution in [0.4, 0.5) is 0 Å². The highest BCUT2D eigenvalue weighted by atomic mass is 17.3. The molecule has 8 heteroatoms. The monoisotopic (exact) mass is 457 g/mol. The molecule has 7 aliphatic rings. The van der Waals surface area contributed by atoms with E-state index in [1.54, 1.807) is 7.11 Å². The number of methoxy groups -OCH3 is 1. The predicted octanol–water partition coefficient (Wildman–Crippen LogP) is 3.44. The molecule has 8 atom stereocenters. The number of hydrogen-bond donors (Lipinski definition) is 0. The number of ether oxygens (including phenoxy) is 3. The van der Waals surface area contributed by atoms with E-state index in [9.17, 15) is 4.79 Å². The lowest BCUT2D eigenvalue weighted by atomic mass is 9.56. The zero-order chi connectivity index (χ0) is 22.6. The second-order valence-electron chi connectivity index (χ2n) is 10.9. The molecule has 178 valence electrons. The summed E-state index contributed by atoms with van der Waals surface area (Å²) in [5.74, 6) is 0.0165. The van der Waals surface area contributed by atoms with Gasteiger partial charge in [-0.05, 0) is 61.8 Å². The van der Waals surface area contributed by atoms with Crippen LogP contribution in [-0.2, 0) is 35.3 Å². The molecule has 6 fully saturated rings. The Morgan fingerprint density at radius 3 is 2.91 bits per heavy atom. The molecule has 0 N–H and O–H groups in total. The Morgan fingerprint density at radius 1 is 1.18 bits per heavy atom. The third-order valence-electron chi connectivity index (χ3n) is 9.28. The minimum absolute atomic E-state index is 0.0144. The summed E-state index contributed by atoms with van der Waals surface area (Å²) < 4.78 is 17.8. The van der Waals surface area contributed by atoms with Gasteiger partial charge in [0.25, 0.3) is 0 Å². The van der Waals surface area contributed by atoms with Crippen molar-refractivity contribution in [3.63, 3.8) is 0 Å². The molecular formula is C25H31NO7. The molecule has 1 aliphatic carbocycles. The molecule has 0 amide bonds. The van der Waals surface area contributed by atoms with Crippen LogP contribution >= 0.6 is 0 Å². The molecule has 8 rings (SSSR count).